The lowest BCUT2D eigenvalue weighted by Gasteiger charge is -2.39. The van der Waals surface area contributed by atoms with Gasteiger partial charge in [-0.15, -0.1) is 0 Å². The van der Waals surface area contributed by atoms with Gasteiger partial charge < -0.3 is 10.2 Å². The lowest BCUT2D eigenvalue weighted by Crippen LogP contribution is -2.47. The molecule has 0 radical (unpaired) electrons. The van der Waals surface area contributed by atoms with E-state index in [-0.39, 0.29) is 17.1 Å². The first-order valence-corrected chi connectivity index (χ1v) is 10.3. The third-order valence-corrected chi connectivity index (χ3v) is 7.41. The number of anilines is 1. The van der Waals surface area contributed by atoms with Gasteiger partial charge in [-0.3, -0.25) is 8.89 Å². The van der Waals surface area contributed by atoms with Crippen LogP contribution < -0.4 is 5.32 Å². The van der Waals surface area contributed by atoms with Crippen LogP contribution in [0.1, 0.15) is 26.7 Å². The molecule has 2 amide bonds. The molecule has 1 aliphatic heterocycles. The molecule has 1 aliphatic rings. The second-order valence-electron chi connectivity index (χ2n) is 7.15. The minimum atomic E-state index is -1.29. The van der Waals surface area contributed by atoms with E-state index in [2.05, 4.69) is 20.6 Å². The van der Waals surface area contributed by atoms with Crippen molar-refractivity contribution < 1.29 is 9.00 Å². The fourth-order valence-corrected chi connectivity index (χ4v) is 5.27. The maximum atomic E-state index is 13.1. The number of hydrogen-bond donors (Lipinski definition) is 1. The first-order chi connectivity index (χ1) is 12.8. The van der Waals surface area contributed by atoms with E-state index in [9.17, 15) is 9.00 Å². The van der Waals surface area contributed by atoms with Gasteiger partial charge in [0.15, 0.2) is 5.15 Å². The van der Waals surface area contributed by atoms with Crippen molar-refractivity contribution in [3.05, 3.63) is 29.8 Å². The number of piperidine rings is 1. The molecular weight excluding hydrogens is 388 g/mol. The van der Waals surface area contributed by atoms with Gasteiger partial charge in [-0.05, 0) is 38.7 Å². The number of hydrogen-bond acceptors (Lipinski definition) is 5. The predicted octanol–water partition coefficient (Wildman–Crippen LogP) is 2.69. The van der Waals surface area contributed by atoms with E-state index in [0.717, 1.165) is 12.8 Å². The number of nitrogens with zero attached hydrogens (tertiary/aromatic N) is 5. The predicted molar refractivity (Wildman–Crippen MR) is 104 cm³/mol. The summed E-state index contributed by atoms with van der Waals surface area (Å²) >= 11 is 6.13. The maximum absolute atomic E-state index is 13.1. The summed E-state index contributed by atoms with van der Waals surface area (Å²) in [6.07, 6.45) is 6.31. The molecule has 27 heavy (non-hydrogen) atoms. The molecule has 146 valence electrons. The summed E-state index contributed by atoms with van der Waals surface area (Å²) in [6.45, 7) is 5.21. The summed E-state index contributed by atoms with van der Waals surface area (Å²) in [7, 11) is 0.474. The van der Waals surface area contributed by atoms with Crippen molar-refractivity contribution >= 4 is 34.1 Å². The van der Waals surface area contributed by atoms with Gasteiger partial charge in [0.25, 0.3) is 0 Å². The van der Waals surface area contributed by atoms with Crippen LogP contribution in [0.15, 0.2) is 29.6 Å². The molecule has 1 atom stereocenters. The molecule has 2 aromatic rings. The Bertz CT molecular complexity index is 833. The highest BCUT2D eigenvalue weighted by Gasteiger charge is 2.40. The first-order valence-electron chi connectivity index (χ1n) is 8.72. The van der Waals surface area contributed by atoms with Gasteiger partial charge in [-0.25, -0.2) is 4.79 Å². The lowest BCUT2D eigenvalue weighted by atomic mass is 9.86. The highest BCUT2D eigenvalue weighted by atomic mass is 35.5. The van der Waals surface area contributed by atoms with Crippen LogP contribution in [0.5, 0.6) is 0 Å². The van der Waals surface area contributed by atoms with Crippen molar-refractivity contribution in [1.29, 1.82) is 0 Å². The standard InChI is InChI=1S/C17H23ClN6O2S/c1-17(2,27(26)14-11-23(3)22-15(14)18)12-5-8-24(9-6-12)16(25)21-13-4-7-19-20-10-13/h4,7,10-12H,5-6,8-9H2,1-3H3,(H,19,21,25). The number of carbonyl (C=O) groups is 1. The topological polar surface area (TPSA) is 93.0 Å². The van der Waals surface area contributed by atoms with Crippen molar-refractivity contribution in [3.8, 4) is 0 Å². The van der Waals surface area contributed by atoms with Crippen LogP contribution in [0.25, 0.3) is 0 Å². The van der Waals surface area contributed by atoms with E-state index in [1.807, 2.05) is 13.8 Å². The second kappa shape index (κ2) is 7.93. The van der Waals surface area contributed by atoms with Crippen LogP contribution in [0.4, 0.5) is 10.5 Å². The lowest BCUT2D eigenvalue weighted by molar-refractivity contribution is 0.172. The molecule has 8 nitrogen and oxygen atoms in total. The minimum Gasteiger partial charge on any atom is -0.325 e. The summed E-state index contributed by atoms with van der Waals surface area (Å²) in [5.41, 5.74) is 0.616. The fraction of sp³-hybridized carbons (Fsp3) is 0.529. The number of nitrogens with one attached hydrogen (secondary N) is 1. The number of carbonyl (C=O) groups excluding carboxylic acids is 1. The molecule has 0 aromatic carbocycles. The van der Waals surface area contributed by atoms with Crippen LogP contribution in [0.3, 0.4) is 0 Å². The molecule has 1 fully saturated rings. The Hall–Kier alpha value is -2.00. The summed E-state index contributed by atoms with van der Waals surface area (Å²) in [4.78, 5) is 14.7. The summed E-state index contributed by atoms with van der Waals surface area (Å²) in [5, 5.41) is 14.6. The zero-order chi connectivity index (χ0) is 19.6. The number of aryl methyl sites for hydroxylation is 1. The molecule has 10 heteroatoms. The second-order valence-corrected chi connectivity index (χ2v) is 9.54. The van der Waals surface area contributed by atoms with E-state index in [4.69, 9.17) is 11.6 Å². The van der Waals surface area contributed by atoms with Gasteiger partial charge in [0.1, 0.15) is 0 Å². The number of likely N-dealkylation sites (tertiary alicyclic amines) is 1. The SMILES string of the molecule is Cn1cc(S(=O)C(C)(C)C2CCN(C(=O)Nc3ccnnc3)CC2)c(Cl)n1. The number of urea groups is 1. The van der Waals surface area contributed by atoms with Crippen LogP contribution in [0, 0.1) is 5.92 Å². The van der Waals surface area contributed by atoms with Crippen LogP contribution in [0.2, 0.25) is 5.15 Å². The zero-order valence-electron chi connectivity index (χ0n) is 15.6. The average Bonchev–Trinajstić information content (AvgIpc) is 3.00. The summed E-state index contributed by atoms with van der Waals surface area (Å²) in [6, 6.07) is 1.54. The molecule has 0 aliphatic carbocycles. The van der Waals surface area contributed by atoms with E-state index >= 15 is 0 Å². The Morgan fingerprint density at radius 2 is 2.04 bits per heavy atom. The van der Waals surface area contributed by atoms with Crippen molar-refractivity contribution in [3.63, 3.8) is 0 Å². The molecular formula is C17H23ClN6O2S. The fourth-order valence-electron chi connectivity index (χ4n) is 3.34. The summed E-state index contributed by atoms with van der Waals surface area (Å²) in [5.74, 6) is 0.209. The van der Waals surface area contributed by atoms with Gasteiger partial charge in [0, 0.05) is 31.1 Å². The molecule has 1 unspecified atom stereocenters. The van der Waals surface area contributed by atoms with E-state index < -0.39 is 15.5 Å². The molecule has 0 saturated carbocycles. The number of rotatable bonds is 4. The Balaban J connectivity index is 1.61. The largest absolute Gasteiger partial charge is 0.325 e. The average molecular weight is 411 g/mol. The van der Waals surface area contributed by atoms with E-state index in [1.165, 1.54) is 12.4 Å². The number of halogens is 1. The third-order valence-electron chi connectivity index (χ3n) is 5.03. The Morgan fingerprint density at radius 3 is 2.59 bits per heavy atom. The smallest absolute Gasteiger partial charge is 0.321 e. The van der Waals surface area contributed by atoms with Crippen molar-refractivity contribution in [2.45, 2.75) is 36.3 Å². The molecule has 2 aromatic heterocycles. The van der Waals surface area contributed by atoms with Gasteiger partial charge in [-0.2, -0.15) is 15.3 Å². The molecule has 1 N–H and O–H groups in total. The van der Waals surface area contributed by atoms with Gasteiger partial charge in [-0.1, -0.05) is 11.6 Å². The van der Waals surface area contributed by atoms with Crippen molar-refractivity contribution in [2.24, 2.45) is 13.0 Å². The van der Waals surface area contributed by atoms with Crippen LogP contribution in [-0.4, -0.2) is 53.0 Å². The van der Waals surface area contributed by atoms with Crippen molar-refractivity contribution in [1.82, 2.24) is 24.9 Å². The van der Waals surface area contributed by atoms with Gasteiger partial charge >= 0.3 is 6.03 Å². The van der Waals surface area contributed by atoms with Crippen LogP contribution >= 0.6 is 11.6 Å². The Kier molecular flexibility index (Phi) is 5.81. The highest BCUT2D eigenvalue weighted by Crippen LogP contribution is 2.37. The molecule has 0 spiro atoms. The molecule has 3 rings (SSSR count). The molecule has 0 bridgehead atoms. The Labute approximate surface area is 165 Å². The Morgan fingerprint density at radius 1 is 1.33 bits per heavy atom. The normalized spacial score (nSPS) is 17.0. The zero-order valence-corrected chi connectivity index (χ0v) is 17.1. The minimum absolute atomic E-state index is 0.157. The molecule has 1 saturated heterocycles. The third kappa shape index (κ3) is 4.30. The molecule has 3 heterocycles. The van der Waals surface area contributed by atoms with E-state index in [0.29, 0.717) is 23.7 Å². The monoisotopic (exact) mass is 410 g/mol. The van der Waals surface area contributed by atoms with Crippen molar-refractivity contribution in [2.75, 3.05) is 18.4 Å². The highest BCUT2D eigenvalue weighted by molar-refractivity contribution is 7.86. The maximum Gasteiger partial charge on any atom is 0.321 e. The quantitative estimate of drug-likeness (QED) is 0.836. The first kappa shape index (κ1) is 19.8. The number of amides is 2. The number of aromatic nitrogens is 4. The summed E-state index contributed by atoms with van der Waals surface area (Å²) < 4.78 is 14.2. The van der Waals surface area contributed by atoms with Gasteiger partial charge in [0.05, 0.1) is 33.8 Å². The van der Waals surface area contributed by atoms with E-state index in [1.54, 1.807) is 28.9 Å². The van der Waals surface area contributed by atoms with Crippen LogP contribution in [-0.2, 0) is 17.8 Å². The van der Waals surface area contributed by atoms with Gasteiger partial charge in [0.2, 0.25) is 0 Å².